The van der Waals surface area contributed by atoms with E-state index in [4.69, 9.17) is 82.0 Å². The average Bonchev–Trinajstić information content (AvgIpc) is 1.46. The maximum absolute atomic E-state index is 14.9. The second-order valence-corrected chi connectivity index (χ2v) is 29.4. The maximum atomic E-state index is 14.9. The van der Waals surface area contributed by atoms with E-state index in [9.17, 15) is 48.6 Å². The molecule has 602 valence electrons. The molecule has 9 unspecified atom stereocenters. The summed E-state index contributed by atoms with van der Waals surface area (Å²) >= 11 is 14.4. The Hall–Kier alpha value is -8.54. The van der Waals surface area contributed by atoms with Gasteiger partial charge in [0.2, 0.25) is 24.0 Å². The largest absolute Gasteiger partial charge is 0.461 e. The van der Waals surface area contributed by atoms with Gasteiger partial charge in [0.1, 0.15) is 36.3 Å². The van der Waals surface area contributed by atoms with Crippen molar-refractivity contribution in [1.29, 1.82) is 0 Å². The van der Waals surface area contributed by atoms with E-state index in [1.807, 2.05) is 48.5 Å². The number of anilines is 3. The number of benzene rings is 5. The van der Waals surface area contributed by atoms with Crippen molar-refractivity contribution >= 4 is 121 Å². The lowest BCUT2D eigenvalue weighted by Crippen LogP contribution is -2.59. The molecule has 0 bridgehead atoms. The highest BCUT2D eigenvalue weighted by atomic mass is 35.5. The van der Waals surface area contributed by atoms with Crippen molar-refractivity contribution < 1.29 is 95.9 Å². The molecule has 10 rings (SSSR count). The van der Waals surface area contributed by atoms with E-state index in [1.54, 1.807) is 72.2 Å². The predicted molar refractivity (Wildman–Crippen MR) is 417 cm³/mol. The number of aliphatic hydroxyl groups is 2. The number of carbonyl (C=O) groups excluding carboxylic acids is 8. The van der Waals surface area contributed by atoms with Crippen molar-refractivity contribution in [1.82, 2.24) is 25.8 Å². The molecule has 10 N–H and O–H groups in total. The number of aliphatic hydroxyl groups excluding tert-OH is 2. The molecular weight excluding hydrogens is 1500 g/mol. The minimum atomic E-state index is -1.29. The molecule has 30 nitrogen and oxygen atoms in total. The molecule has 3 aliphatic heterocycles. The summed E-state index contributed by atoms with van der Waals surface area (Å²) in [5.41, 5.74) is 14.3. The second-order valence-electron chi connectivity index (χ2n) is 27.7. The number of ether oxygens (including phenoxy) is 10. The molecular formula is C78H100Cl2N10O20S. The third kappa shape index (κ3) is 22.4. The first-order chi connectivity index (χ1) is 53.7. The van der Waals surface area contributed by atoms with E-state index in [-0.39, 0.29) is 136 Å². The number of primary amides is 1. The van der Waals surface area contributed by atoms with Crippen molar-refractivity contribution in [3.63, 3.8) is 0 Å². The van der Waals surface area contributed by atoms with Gasteiger partial charge in [0.25, 0.3) is 11.8 Å². The van der Waals surface area contributed by atoms with Gasteiger partial charge in [-0.05, 0) is 83.3 Å². The molecule has 1 saturated carbocycles. The SMILES string of the molecule is CC(C)C(NC(=O)CCOCCOCCOCCOCCOCCOCCN)C(=O)NC(CCCNC(N)=O)C(=O)Nc1ccc(COC(=O)N(C)CCN(C)C(=O)Oc2cc3c(c4ccccc24)C(CCl)CN3C(=O)c2ccc(C(=O)N3CC(CCl)c4c3cc(OC3OC5CCC5C(O)C3O)c3ccccc43)s2)cc1. The van der Waals surface area contributed by atoms with Crippen LogP contribution in [-0.4, -0.2) is 249 Å². The summed E-state index contributed by atoms with van der Waals surface area (Å²) in [7, 11) is 3.04. The molecule has 9 amide bonds. The number of nitrogens with one attached hydrogen (secondary N) is 4. The van der Waals surface area contributed by atoms with E-state index in [0.717, 1.165) is 51.5 Å². The first-order valence-corrected chi connectivity index (χ1v) is 39.2. The van der Waals surface area contributed by atoms with Gasteiger partial charge in [-0.15, -0.1) is 34.5 Å². The highest BCUT2D eigenvalue weighted by molar-refractivity contribution is 7.16. The highest BCUT2D eigenvalue weighted by Crippen LogP contribution is 2.50. The maximum Gasteiger partial charge on any atom is 0.415 e. The number of fused-ring (bicyclic) bond motifs is 7. The predicted octanol–water partition coefficient (Wildman–Crippen LogP) is 7.42. The van der Waals surface area contributed by atoms with Crippen LogP contribution in [0.3, 0.4) is 0 Å². The molecule has 4 aliphatic rings. The fraction of sp³-hybridized carbons (Fsp3) is 0.513. The normalized spacial score (nSPS) is 18.8. The van der Waals surface area contributed by atoms with E-state index in [2.05, 4.69) is 21.3 Å². The number of rotatable bonds is 42. The van der Waals surface area contributed by atoms with Gasteiger partial charge in [-0.1, -0.05) is 74.5 Å². The monoisotopic (exact) mass is 1600 g/mol. The Balaban J connectivity index is 0.678. The summed E-state index contributed by atoms with van der Waals surface area (Å²) in [6, 6.07) is 25.2. The van der Waals surface area contributed by atoms with Crippen LogP contribution in [0.5, 0.6) is 11.5 Å². The van der Waals surface area contributed by atoms with Gasteiger partial charge in [0.05, 0.1) is 113 Å². The summed E-state index contributed by atoms with van der Waals surface area (Å²) < 4.78 is 57.0. The van der Waals surface area contributed by atoms with Crippen LogP contribution in [0, 0.1) is 11.8 Å². The number of hydrogen-bond donors (Lipinski definition) is 8. The van der Waals surface area contributed by atoms with Crippen molar-refractivity contribution in [3.05, 3.63) is 124 Å². The Bertz CT molecular complexity index is 4160. The Morgan fingerprint density at radius 2 is 1.14 bits per heavy atom. The van der Waals surface area contributed by atoms with Gasteiger partial charge in [0.15, 0.2) is 0 Å². The minimum Gasteiger partial charge on any atom is -0.461 e. The highest BCUT2D eigenvalue weighted by Gasteiger charge is 2.50. The van der Waals surface area contributed by atoms with Crippen molar-refractivity contribution in [3.8, 4) is 11.5 Å². The van der Waals surface area contributed by atoms with Crippen LogP contribution >= 0.6 is 34.5 Å². The van der Waals surface area contributed by atoms with Gasteiger partial charge in [-0.2, -0.15) is 0 Å². The number of carbonyl (C=O) groups is 8. The third-order valence-electron chi connectivity index (χ3n) is 19.7. The number of alkyl halides is 2. The van der Waals surface area contributed by atoms with Crippen LogP contribution < -0.4 is 52.0 Å². The Morgan fingerprint density at radius 3 is 1.66 bits per heavy atom. The zero-order chi connectivity index (χ0) is 79.1. The van der Waals surface area contributed by atoms with Crippen LogP contribution in [0.1, 0.15) is 93.8 Å². The molecule has 6 aromatic rings. The van der Waals surface area contributed by atoms with Gasteiger partial charge in [-0.25, -0.2) is 14.4 Å². The van der Waals surface area contributed by atoms with E-state index in [0.29, 0.717) is 105 Å². The Morgan fingerprint density at radius 1 is 0.631 bits per heavy atom. The van der Waals surface area contributed by atoms with Crippen molar-refractivity contribution in [2.45, 2.75) is 101 Å². The van der Waals surface area contributed by atoms with Crippen LogP contribution in [0.2, 0.25) is 0 Å². The van der Waals surface area contributed by atoms with Crippen LogP contribution in [0.25, 0.3) is 21.5 Å². The quantitative estimate of drug-likeness (QED) is 0.0136. The van der Waals surface area contributed by atoms with Gasteiger partial charge in [-0.3, -0.25) is 24.0 Å². The number of nitrogens with zero attached hydrogens (tertiary/aromatic N) is 4. The first-order valence-electron chi connectivity index (χ1n) is 37.3. The number of nitrogens with two attached hydrogens (primary N) is 2. The Labute approximate surface area is 658 Å². The van der Waals surface area contributed by atoms with Crippen molar-refractivity contribution in [2.24, 2.45) is 23.3 Å². The average molecular weight is 1600 g/mol. The zero-order valence-corrected chi connectivity index (χ0v) is 65.1. The number of urea groups is 1. The summed E-state index contributed by atoms with van der Waals surface area (Å²) in [6.07, 6.45) is -3.32. The molecule has 0 spiro atoms. The van der Waals surface area contributed by atoms with Crippen molar-refractivity contribution in [2.75, 3.05) is 160 Å². The van der Waals surface area contributed by atoms with Gasteiger partial charge >= 0.3 is 18.2 Å². The van der Waals surface area contributed by atoms with Crippen LogP contribution in [0.4, 0.5) is 31.4 Å². The topological polar surface area (TPSA) is 382 Å². The molecule has 5 aromatic carbocycles. The number of hydrogen-bond acceptors (Lipinski definition) is 22. The smallest absolute Gasteiger partial charge is 0.415 e. The molecule has 33 heteroatoms. The number of amides is 9. The van der Waals surface area contributed by atoms with Gasteiger partial charge < -0.3 is 110 Å². The lowest BCUT2D eigenvalue weighted by Gasteiger charge is -2.48. The minimum absolute atomic E-state index is 0.0260. The number of likely N-dealkylation sites (N-methyl/N-ethyl adjacent to an activating group) is 2. The van der Waals surface area contributed by atoms with E-state index in [1.165, 1.54) is 23.9 Å². The molecule has 1 aromatic heterocycles. The zero-order valence-electron chi connectivity index (χ0n) is 62.7. The van der Waals surface area contributed by atoms with Crippen LogP contribution in [-0.2, 0) is 58.9 Å². The number of halogens is 2. The Kier molecular flexibility index (Phi) is 32.0. The molecule has 9 atom stereocenters. The standard InChI is InChI=1S/C78H100Cl2N10O20S/c1-47(2)68(86-65(91)23-28-101-30-32-103-34-36-105-38-39-106-37-35-104-33-31-102-29-24-81)72(95)85-57(14-9-25-83-76(82)98)71(94)84-51-17-15-48(16-18-51)46-107-77(99)87(3)26-27-88(4)78(100)110-62-41-59-67(55-13-8-6-11-53(55)62)50(43-80)45-90(59)74(97)64-22-21-63(111-64)73(96)89-44-49(42-79)66-54-12-7-5-10-52(54)61(40-58(66)89)109-75-70(93)69(92)56-19-20-60(56)108-75/h5-8,10-13,15-18,21-22,40-41,47,49-50,56-57,60,68-70,75,92-93H,9,14,19-20,23-39,42-46,81H2,1-4H3,(H,84,94)(H,85,95)(H,86,91)(H3,82,83,98). The molecule has 2 fully saturated rings. The lowest BCUT2D eigenvalue weighted by atomic mass is 9.74. The summed E-state index contributed by atoms with van der Waals surface area (Å²) in [4.78, 5) is 115. The molecule has 1 saturated heterocycles. The fourth-order valence-electron chi connectivity index (χ4n) is 13.5. The second kappa shape index (κ2) is 41.8. The van der Waals surface area contributed by atoms with E-state index >= 15 is 0 Å². The van der Waals surface area contributed by atoms with Crippen LogP contribution in [0.15, 0.2) is 97.1 Å². The summed E-state index contributed by atoms with van der Waals surface area (Å²) in [5, 5.41) is 35.7. The molecule has 4 heterocycles. The van der Waals surface area contributed by atoms with Gasteiger partial charge in [0, 0.05) is 118 Å². The first kappa shape index (κ1) is 84.9. The summed E-state index contributed by atoms with van der Waals surface area (Å²) in [5.74, 6) is -2.54. The number of thiophene rings is 1. The van der Waals surface area contributed by atoms with E-state index < -0.39 is 72.4 Å². The third-order valence-corrected chi connectivity index (χ3v) is 21.5. The fourth-order valence-corrected chi connectivity index (χ4v) is 14.9. The molecule has 0 radical (unpaired) electrons. The molecule has 111 heavy (non-hydrogen) atoms. The lowest BCUT2D eigenvalue weighted by molar-refractivity contribution is -0.281. The summed E-state index contributed by atoms with van der Waals surface area (Å²) in [6.45, 7) is 8.93. The molecule has 1 aliphatic carbocycles.